The van der Waals surface area contributed by atoms with Gasteiger partial charge in [0.15, 0.2) is 0 Å². The van der Waals surface area contributed by atoms with Gasteiger partial charge in [0.2, 0.25) is 0 Å². The molecular weight excluding hydrogens is 268 g/mol. The van der Waals surface area contributed by atoms with Crippen molar-refractivity contribution < 1.29 is 15.0 Å². The highest BCUT2D eigenvalue weighted by Crippen LogP contribution is 2.21. The summed E-state index contributed by atoms with van der Waals surface area (Å²) in [5.41, 5.74) is 3.49. The molecule has 0 saturated carbocycles. The van der Waals surface area contributed by atoms with Crippen LogP contribution in [0.2, 0.25) is 0 Å². The van der Waals surface area contributed by atoms with Crippen LogP contribution in [0.1, 0.15) is 22.3 Å². The van der Waals surface area contributed by atoms with Crippen LogP contribution in [0.4, 0.5) is 0 Å². The molecule has 0 radical (unpaired) electrons. The first-order chi connectivity index (χ1) is 10.2. The van der Waals surface area contributed by atoms with Gasteiger partial charge in [-0.2, -0.15) is 5.10 Å². The van der Waals surface area contributed by atoms with E-state index in [1.807, 2.05) is 30.3 Å². The first-order valence-corrected chi connectivity index (χ1v) is 6.54. The Bertz CT molecular complexity index is 639. The van der Waals surface area contributed by atoms with Gasteiger partial charge in [-0.25, -0.2) is 5.43 Å². The minimum atomic E-state index is -0.570. The van der Waals surface area contributed by atoms with E-state index in [1.54, 1.807) is 6.21 Å². The van der Waals surface area contributed by atoms with E-state index in [4.69, 9.17) is 0 Å². The van der Waals surface area contributed by atoms with E-state index in [1.165, 1.54) is 23.8 Å². The van der Waals surface area contributed by atoms with E-state index in [2.05, 4.69) is 10.5 Å². The maximum atomic E-state index is 11.8. The van der Waals surface area contributed by atoms with Crippen molar-refractivity contribution in [2.45, 2.75) is 12.8 Å². The molecule has 108 valence electrons. The highest BCUT2D eigenvalue weighted by atomic mass is 16.3. The fraction of sp³-hybridized carbons (Fsp3) is 0.125. The number of nitrogens with zero attached hydrogens (tertiary/aromatic N) is 1. The molecule has 2 rings (SSSR count). The summed E-state index contributed by atoms with van der Waals surface area (Å²) in [4.78, 5) is 11.8. The lowest BCUT2D eigenvalue weighted by molar-refractivity contribution is 0.0952. The molecule has 0 atom stereocenters. The van der Waals surface area contributed by atoms with Gasteiger partial charge < -0.3 is 10.2 Å². The molecule has 0 fully saturated rings. The van der Waals surface area contributed by atoms with Crippen molar-refractivity contribution in [3.63, 3.8) is 0 Å². The zero-order valence-corrected chi connectivity index (χ0v) is 11.4. The van der Waals surface area contributed by atoms with Crippen LogP contribution in [0.3, 0.4) is 0 Å². The van der Waals surface area contributed by atoms with Gasteiger partial charge >= 0.3 is 0 Å². The second kappa shape index (κ2) is 7.09. The van der Waals surface area contributed by atoms with Crippen molar-refractivity contribution in [2.75, 3.05) is 0 Å². The van der Waals surface area contributed by atoms with Gasteiger partial charge in [-0.1, -0.05) is 30.3 Å². The fourth-order valence-corrected chi connectivity index (χ4v) is 1.81. The van der Waals surface area contributed by atoms with Crippen LogP contribution in [0.15, 0.2) is 53.6 Å². The number of benzene rings is 2. The van der Waals surface area contributed by atoms with Crippen molar-refractivity contribution in [2.24, 2.45) is 5.10 Å². The Kier molecular flexibility index (Phi) is 4.93. The molecule has 3 N–H and O–H groups in total. The van der Waals surface area contributed by atoms with E-state index in [0.29, 0.717) is 6.42 Å². The van der Waals surface area contributed by atoms with Gasteiger partial charge in [0.25, 0.3) is 5.91 Å². The molecule has 0 aliphatic heterocycles. The van der Waals surface area contributed by atoms with Crippen molar-refractivity contribution in [1.29, 1.82) is 0 Å². The summed E-state index contributed by atoms with van der Waals surface area (Å²) in [6, 6.07) is 13.7. The van der Waals surface area contributed by atoms with Crippen LogP contribution >= 0.6 is 0 Å². The second-order valence-electron chi connectivity index (χ2n) is 4.48. The molecule has 0 saturated heterocycles. The summed E-state index contributed by atoms with van der Waals surface area (Å²) >= 11 is 0. The van der Waals surface area contributed by atoms with E-state index in [-0.39, 0.29) is 17.1 Å². The maximum absolute atomic E-state index is 11.8. The van der Waals surface area contributed by atoms with Crippen molar-refractivity contribution in [1.82, 2.24) is 5.43 Å². The molecule has 0 bridgehead atoms. The predicted octanol–water partition coefficient (Wildman–Crippen LogP) is 2.45. The lowest BCUT2D eigenvalue weighted by atomic mass is 10.1. The number of carbonyl (C=O) groups excluding carboxylic acids is 1. The first-order valence-electron chi connectivity index (χ1n) is 6.54. The number of hydrazone groups is 1. The SMILES string of the molecule is O=C(N/N=C/CCc1ccccc1)c1cc(O)ccc1O. The Labute approximate surface area is 122 Å². The quantitative estimate of drug-likeness (QED) is 0.448. The molecular formula is C16H16N2O3. The van der Waals surface area contributed by atoms with Crippen LogP contribution < -0.4 is 5.43 Å². The summed E-state index contributed by atoms with van der Waals surface area (Å²) in [5, 5.41) is 22.6. The van der Waals surface area contributed by atoms with Gasteiger partial charge in [0, 0.05) is 6.21 Å². The Morgan fingerprint density at radius 3 is 2.67 bits per heavy atom. The molecule has 0 heterocycles. The van der Waals surface area contributed by atoms with E-state index >= 15 is 0 Å². The third kappa shape index (κ3) is 4.35. The number of hydrogen-bond donors (Lipinski definition) is 3. The smallest absolute Gasteiger partial charge is 0.275 e. The molecule has 0 unspecified atom stereocenters. The number of rotatable bonds is 5. The van der Waals surface area contributed by atoms with E-state index < -0.39 is 5.91 Å². The lowest BCUT2D eigenvalue weighted by Crippen LogP contribution is -2.17. The minimum Gasteiger partial charge on any atom is -0.508 e. The monoisotopic (exact) mass is 284 g/mol. The van der Waals surface area contributed by atoms with Crippen LogP contribution in [0, 0.1) is 0 Å². The van der Waals surface area contributed by atoms with Gasteiger partial charge in [0.05, 0.1) is 5.56 Å². The number of nitrogens with one attached hydrogen (secondary N) is 1. The van der Waals surface area contributed by atoms with Gasteiger partial charge in [-0.05, 0) is 36.6 Å². The predicted molar refractivity (Wildman–Crippen MR) is 80.5 cm³/mol. The zero-order valence-electron chi connectivity index (χ0n) is 11.4. The number of hydrogen-bond acceptors (Lipinski definition) is 4. The third-order valence-electron chi connectivity index (χ3n) is 2.89. The Morgan fingerprint density at radius 1 is 1.14 bits per heavy atom. The van der Waals surface area contributed by atoms with Crippen molar-refractivity contribution in [3.05, 3.63) is 59.7 Å². The summed E-state index contributed by atoms with van der Waals surface area (Å²) < 4.78 is 0. The average Bonchev–Trinajstić information content (AvgIpc) is 2.50. The normalized spacial score (nSPS) is 10.7. The number of aromatic hydroxyl groups is 2. The van der Waals surface area contributed by atoms with Crippen LogP contribution in [0.5, 0.6) is 11.5 Å². The molecule has 5 heteroatoms. The topological polar surface area (TPSA) is 81.9 Å². The van der Waals surface area contributed by atoms with Crippen LogP contribution in [0.25, 0.3) is 0 Å². The first kappa shape index (κ1) is 14.6. The summed E-state index contributed by atoms with van der Waals surface area (Å²) in [6.45, 7) is 0. The largest absolute Gasteiger partial charge is 0.508 e. The maximum Gasteiger partial charge on any atom is 0.275 e. The number of carbonyl (C=O) groups is 1. The molecule has 0 aromatic heterocycles. The number of phenolic OH excluding ortho intramolecular Hbond substituents is 2. The second-order valence-corrected chi connectivity index (χ2v) is 4.48. The number of phenols is 2. The Morgan fingerprint density at radius 2 is 1.90 bits per heavy atom. The van der Waals surface area contributed by atoms with Crippen molar-refractivity contribution >= 4 is 12.1 Å². The third-order valence-corrected chi connectivity index (χ3v) is 2.89. The van der Waals surface area contributed by atoms with Gasteiger partial charge in [-0.3, -0.25) is 4.79 Å². The zero-order chi connectivity index (χ0) is 15.1. The van der Waals surface area contributed by atoms with E-state index in [9.17, 15) is 15.0 Å². The minimum absolute atomic E-state index is 0.0183. The van der Waals surface area contributed by atoms with E-state index in [0.717, 1.165) is 6.42 Å². The Balaban J connectivity index is 1.83. The molecule has 0 aliphatic carbocycles. The van der Waals surface area contributed by atoms with Crippen LogP contribution in [-0.2, 0) is 6.42 Å². The number of aryl methyl sites for hydroxylation is 1. The molecule has 2 aromatic carbocycles. The lowest BCUT2D eigenvalue weighted by Gasteiger charge is -2.03. The average molecular weight is 284 g/mol. The fourth-order valence-electron chi connectivity index (χ4n) is 1.81. The molecule has 0 spiro atoms. The Hall–Kier alpha value is -2.82. The van der Waals surface area contributed by atoms with Gasteiger partial charge in [0.1, 0.15) is 11.5 Å². The summed E-state index contributed by atoms with van der Waals surface area (Å²) in [5.74, 6) is -0.866. The molecule has 2 aromatic rings. The highest BCUT2D eigenvalue weighted by molar-refractivity contribution is 5.97. The van der Waals surface area contributed by atoms with Crippen molar-refractivity contribution in [3.8, 4) is 11.5 Å². The standard InChI is InChI=1S/C16H16N2O3/c19-13-8-9-15(20)14(11-13)16(21)18-17-10-4-7-12-5-2-1-3-6-12/h1-3,5-6,8-11,19-20H,4,7H2,(H,18,21)/b17-10+. The van der Waals surface area contributed by atoms with Crippen LogP contribution in [-0.4, -0.2) is 22.3 Å². The van der Waals surface area contributed by atoms with Gasteiger partial charge in [-0.15, -0.1) is 0 Å². The molecule has 5 nitrogen and oxygen atoms in total. The summed E-state index contributed by atoms with van der Waals surface area (Å²) in [6.07, 6.45) is 3.12. The molecule has 1 amide bonds. The highest BCUT2D eigenvalue weighted by Gasteiger charge is 2.10. The molecule has 21 heavy (non-hydrogen) atoms. The summed E-state index contributed by atoms with van der Waals surface area (Å²) in [7, 11) is 0. The molecule has 0 aliphatic rings. The number of amides is 1.